The molecule has 0 saturated carbocycles. The standard InChI is InChI=1S/C27H28FN5O4S2.ClH/c1-37-20-8-11-24-25(18-20)38-27(30-24)33-16-14-32(15-17-33)13-12-29-26(34)22-4-2-3-5-23(22)31-39(35,36)21-9-6-19(28)7-10-21;/h2-11,18,31H,12-17H2,1H3,(H,29,34);1H. The molecular formula is C27H29ClFN5O4S2. The lowest BCUT2D eigenvalue weighted by Crippen LogP contribution is -2.48. The van der Waals surface area contributed by atoms with Gasteiger partial charge in [-0.15, -0.1) is 12.4 Å². The van der Waals surface area contributed by atoms with E-state index in [0.717, 1.165) is 59.4 Å². The van der Waals surface area contributed by atoms with Gasteiger partial charge < -0.3 is 15.0 Å². The van der Waals surface area contributed by atoms with Crippen LogP contribution in [0.1, 0.15) is 10.4 Å². The zero-order chi connectivity index (χ0) is 27.4. The lowest BCUT2D eigenvalue weighted by atomic mass is 10.1. The van der Waals surface area contributed by atoms with Crippen molar-refractivity contribution in [2.24, 2.45) is 0 Å². The second-order valence-corrected chi connectivity index (χ2v) is 11.7. The molecule has 1 aromatic heterocycles. The van der Waals surface area contributed by atoms with Gasteiger partial charge in [0.2, 0.25) is 0 Å². The third-order valence-corrected chi connectivity index (χ3v) is 8.94. The zero-order valence-electron chi connectivity index (χ0n) is 21.7. The molecule has 5 rings (SSSR count). The number of nitrogens with one attached hydrogen (secondary N) is 2. The highest BCUT2D eigenvalue weighted by Crippen LogP contribution is 2.31. The van der Waals surface area contributed by atoms with Crippen molar-refractivity contribution < 1.29 is 22.3 Å². The van der Waals surface area contributed by atoms with Crippen molar-refractivity contribution in [3.05, 3.63) is 78.1 Å². The number of carbonyl (C=O) groups is 1. The quantitative estimate of drug-likeness (QED) is 0.294. The van der Waals surface area contributed by atoms with E-state index in [0.29, 0.717) is 13.1 Å². The van der Waals surface area contributed by atoms with Crippen molar-refractivity contribution in [3.8, 4) is 5.75 Å². The molecule has 1 amide bonds. The number of sulfonamides is 1. The maximum atomic E-state index is 13.2. The van der Waals surface area contributed by atoms with Crippen LogP contribution >= 0.6 is 23.7 Å². The Bertz CT molecular complexity index is 1580. The van der Waals surface area contributed by atoms with Crippen molar-refractivity contribution in [2.45, 2.75) is 4.90 Å². The van der Waals surface area contributed by atoms with Gasteiger partial charge in [-0.3, -0.25) is 14.4 Å². The molecule has 212 valence electrons. The fraction of sp³-hybridized carbons (Fsp3) is 0.259. The molecule has 1 saturated heterocycles. The summed E-state index contributed by atoms with van der Waals surface area (Å²) in [6.45, 7) is 4.42. The van der Waals surface area contributed by atoms with Gasteiger partial charge in [-0.05, 0) is 54.6 Å². The van der Waals surface area contributed by atoms with Crippen molar-refractivity contribution in [2.75, 3.05) is 56.0 Å². The topological polar surface area (TPSA) is 104 Å². The van der Waals surface area contributed by atoms with Crippen LogP contribution in [0.3, 0.4) is 0 Å². The van der Waals surface area contributed by atoms with Crippen LogP contribution in [0.2, 0.25) is 0 Å². The Labute approximate surface area is 242 Å². The van der Waals surface area contributed by atoms with Gasteiger partial charge in [0.05, 0.1) is 33.5 Å². The molecule has 9 nitrogen and oxygen atoms in total. The Balaban J connectivity index is 0.00000370. The largest absolute Gasteiger partial charge is 0.497 e. The zero-order valence-corrected chi connectivity index (χ0v) is 24.1. The first-order valence-corrected chi connectivity index (χ1v) is 14.7. The number of thiazole rings is 1. The molecule has 3 aromatic carbocycles. The summed E-state index contributed by atoms with van der Waals surface area (Å²) in [5.41, 5.74) is 1.32. The number of fused-ring (bicyclic) bond motifs is 1. The fourth-order valence-electron chi connectivity index (χ4n) is 4.33. The highest BCUT2D eigenvalue weighted by Gasteiger charge is 2.21. The lowest BCUT2D eigenvalue weighted by Gasteiger charge is -2.34. The van der Waals surface area contributed by atoms with Gasteiger partial charge in [0.15, 0.2) is 5.13 Å². The van der Waals surface area contributed by atoms with Gasteiger partial charge in [-0.2, -0.15) is 0 Å². The number of carbonyl (C=O) groups excluding carboxylic acids is 1. The molecule has 1 aliphatic rings. The number of para-hydroxylation sites is 1. The summed E-state index contributed by atoms with van der Waals surface area (Å²) in [5.74, 6) is -0.0960. The van der Waals surface area contributed by atoms with E-state index in [4.69, 9.17) is 9.72 Å². The molecule has 1 fully saturated rings. The Kier molecular flexibility index (Phi) is 9.46. The average Bonchev–Trinajstić information content (AvgIpc) is 3.37. The van der Waals surface area contributed by atoms with Crippen molar-refractivity contribution in [3.63, 3.8) is 0 Å². The number of halogens is 2. The van der Waals surface area contributed by atoms with Gasteiger partial charge in [0.25, 0.3) is 15.9 Å². The number of aromatic nitrogens is 1. The fourth-order valence-corrected chi connectivity index (χ4v) is 6.45. The number of hydrogen-bond acceptors (Lipinski definition) is 8. The third kappa shape index (κ3) is 6.81. The SMILES string of the molecule is COc1ccc2nc(N3CCN(CCNC(=O)c4ccccc4NS(=O)(=O)c4ccc(F)cc4)CC3)sc2c1.Cl. The predicted octanol–water partition coefficient (Wildman–Crippen LogP) is 4.22. The van der Waals surface area contributed by atoms with E-state index in [1.165, 1.54) is 18.2 Å². The van der Waals surface area contributed by atoms with E-state index in [-0.39, 0.29) is 34.5 Å². The molecule has 13 heteroatoms. The molecule has 0 unspecified atom stereocenters. The second-order valence-electron chi connectivity index (χ2n) is 9.02. The maximum Gasteiger partial charge on any atom is 0.261 e. The predicted molar refractivity (Wildman–Crippen MR) is 158 cm³/mol. The molecule has 0 bridgehead atoms. The van der Waals surface area contributed by atoms with E-state index >= 15 is 0 Å². The van der Waals surface area contributed by atoms with Gasteiger partial charge in [0.1, 0.15) is 11.6 Å². The van der Waals surface area contributed by atoms with Crippen LogP contribution in [0.15, 0.2) is 71.6 Å². The number of methoxy groups -OCH3 is 1. The molecule has 4 aromatic rings. The Morgan fingerprint density at radius 2 is 1.77 bits per heavy atom. The monoisotopic (exact) mass is 605 g/mol. The van der Waals surface area contributed by atoms with E-state index in [1.807, 2.05) is 18.2 Å². The summed E-state index contributed by atoms with van der Waals surface area (Å²) in [4.78, 5) is 22.1. The first-order chi connectivity index (χ1) is 18.8. The minimum absolute atomic E-state index is 0. The van der Waals surface area contributed by atoms with Gasteiger partial charge >= 0.3 is 0 Å². The first kappa shape index (κ1) is 29.5. The summed E-state index contributed by atoms with van der Waals surface area (Å²) >= 11 is 1.65. The van der Waals surface area contributed by atoms with Crippen LogP contribution in [-0.2, 0) is 10.0 Å². The minimum atomic E-state index is -3.98. The number of anilines is 2. The molecule has 0 aliphatic carbocycles. The van der Waals surface area contributed by atoms with E-state index < -0.39 is 15.8 Å². The number of nitrogens with zero attached hydrogens (tertiary/aromatic N) is 3. The van der Waals surface area contributed by atoms with Crippen LogP contribution in [0, 0.1) is 5.82 Å². The number of amides is 1. The maximum absolute atomic E-state index is 13.2. The average molecular weight is 606 g/mol. The van der Waals surface area contributed by atoms with E-state index in [9.17, 15) is 17.6 Å². The summed E-state index contributed by atoms with van der Waals surface area (Å²) in [5, 5.41) is 3.88. The smallest absolute Gasteiger partial charge is 0.261 e. The molecular weight excluding hydrogens is 577 g/mol. The van der Waals surface area contributed by atoms with Crippen molar-refractivity contribution in [1.82, 2.24) is 15.2 Å². The molecule has 0 spiro atoms. The molecule has 40 heavy (non-hydrogen) atoms. The first-order valence-electron chi connectivity index (χ1n) is 12.4. The Hall–Kier alpha value is -3.45. The number of piperazine rings is 1. The lowest BCUT2D eigenvalue weighted by molar-refractivity contribution is 0.0948. The van der Waals surface area contributed by atoms with Crippen LogP contribution in [-0.4, -0.2) is 70.6 Å². The Morgan fingerprint density at radius 1 is 1.05 bits per heavy atom. The normalized spacial score (nSPS) is 14.0. The second kappa shape index (κ2) is 12.8. The summed E-state index contributed by atoms with van der Waals surface area (Å²) < 4.78 is 47.5. The van der Waals surface area contributed by atoms with E-state index in [2.05, 4.69) is 19.8 Å². The molecule has 2 heterocycles. The molecule has 2 N–H and O–H groups in total. The van der Waals surface area contributed by atoms with Crippen LogP contribution < -0.4 is 19.7 Å². The number of ether oxygens (including phenoxy) is 1. The number of hydrogen-bond donors (Lipinski definition) is 2. The van der Waals surface area contributed by atoms with Crippen LogP contribution in [0.25, 0.3) is 10.2 Å². The van der Waals surface area contributed by atoms with Crippen molar-refractivity contribution >= 4 is 60.7 Å². The number of rotatable bonds is 9. The molecule has 1 aliphatic heterocycles. The van der Waals surface area contributed by atoms with E-state index in [1.54, 1.807) is 36.6 Å². The molecule has 0 radical (unpaired) electrons. The van der Waals surface area contributed by atoms with Gasteiger partial charge in [-0.25, -0.2) is 17.8 Å². The van der Waals surface area contributed by atoms with Crippen molar-refractivity contribution in [1.29, 1.82) is 0 Å². The minimum Gasteiger partial charge on any atom is -0.497 e. The summed E-state index contributed by atoms with van der Waals surface area (Å²) in [6, 6.07) is 16.8. The Morgan fingerprint density at radius 3 is 2.50 bits per heavy atom. The summed E-state index contributed by atoms with van der Waals surface area (Å²) in [6.07, 6.45) is 0. The summed E-state index contributed by atoms with van der Waals surface area (Å²) in [7, 11) is -2.33. The van der Waals surface area contributed by atoms with Crippen LogP contribution in [0.5, 0.6) is 5.75 Å². The highest BCUT2D eigenvalue weighted by molar-refractivity contribution is 7.92. The third-order valence-electron chi connectivity index (χ3n) is 6.48. The van der Waals surface area contributed by atoms with Gasteiger partial charge in [-0.1, -0.05) is 23.5 Å². The van der Waals surface area contributed by atoms with Gasteiger partial charge in [0, 0.05) is 39.3 Å². The molecule has 0 atom stereocenters. The van der Waals surface area contributed by atoms with Crippen LogP contribution in [0.4, 0.5) is 15.2 Å². The number of benzene rings is 3. The highest BCUT2D eigenvalue weighted by atomic mass is 35.5.